The van der Waals surface area contributed by atoms with Crippen LogP contribution in [0.4, 0.5) is 10.1 Å². The predicted molar refractivity (Wildman–Crippen MR) is 79.7 cm³/mol. The number of halogens is 4. The second-order valence-electron chi connectivity index (χ2n) is 3.57. The second kappa shape index (κ2) is 6.85. The van der Waals surface area contributed by atoms with Gasteiger partial charge in [0.15, 0.2) is 5.75 Å². The fraction of sp³-hybridized carbons (Fsp3) is 0.0769. The smallest absolute Gasteiger partial charge is 0.150 e. The molecule has 0 saturated heterocycles. The zero-order valence-corrected chi connectivity index (χ0v) is 12.2. The number of ether oxygens (including phenoxy) is 1. The number of hydrogen-bond acceptors (Lipinski definition) is 2. The maximum Gasteiger partial charge on any atom is 0.150 e. The molecular formula is C13H11Cl3FNO. The number of rotatable bonds is 3. The molecule has 102 valence electrons. The molecule has 0 heterocycles. The number of benzene rings is 2. The van der Waals surface area contributed by atoms with Crippen molar-refractivity contribution in [2.75, 3.05) is 12.4 Å². The Labute approximate surface area is 126 Å². The van der Waals surface area contributed by atoms with Crippen LogP contribution in [0.5, 0.6) is 11.5 Å². The first-order valence-corrected chi connectivity index (χ1v) is 5.96. The first-order chi connectivity index (χ1) is 8.60. The molecular weight excluding hydrogens is 312 g/mol. The van der Waals surface area contributed by atoms with Crippen molar-refractivity contribution in [2.45, 2.75) is 0 Å². The molecule has 0 aromatic heterocycles. The molecule has 19 heavy (non-hydrogen) atoms. The molecule has 0 spiro atoms. The van der Waals surface area contributed by atoms with Crippen molar-refractivity contribution >= 4 is 41.3 Å². The van der Waals surface area contributed by atoms with E-state index in [1.54, 1.807) is 31.3 Å². The van der Waals surface area contributed by atoms with E-state index in [4.69, 9.17) is 27.9 Å². The summed E-state index contributed by atoms with van der Waals surface area (Å²) in [6.07, 6.45) is 0. The molecule has 0 atom stereocenters. The zero-order valence-electron chi connectivity index (χ0n) is 9.91. The van der Waals surface area contributed by atoms with E-state index in [9.17, 15) is 4.39 Å². The van der Waals surface area contributed by atoms with Gasteiger partial charge >= 0.3 is 0 Å². The minimum absolute atomic E-state index is 0. The summed E-state index contributed by atoms with van der Waals surface area (Å²) in [6, 6.07) is 9.16. The van der Waals surface area contributed by atoms with Gasteiger partial charge in [-0.2, -0.15) is 0 Å². The van der Waals surface area contributed by atoms with Crippen molar-refractivity contribution in [2.24, 2.45) is 0 Å². The van der Waals surface area contributed by atoms with Gasteiger partial charge in [0.2, 0.25) is 0 Å². The first-order valence-electron chi connectivity index (χ1n) is 5.20. The van der Waals surface area contributed by atoms with Gasteiger partial charge in [-0.1, -0.05) is 23.2 Å². The van der Waals surface area contributed by atoms with Crippen molar-refractivity contribution in [3.8, 4) is 11.5 Å². The third-order valence-corrected chi connectivity index (χ3v) is 3.07. The van der Waals surface area contributed by atoms with Gasteiger partial charge in [0.25, 0.3) is 0 Å². The molecule has 0 aliphatic heterocycles. The van der Waals surface area contributed by atoms with E-state index in [1.165, 1.54) is 12.1 Å². The molecule has 0 aliphatic carbocycles. The minimum Gasteiger partial charge on any atom is -0.455 e. The number of nitrogens with one attached hydrogen (secondary N) is 1. The van der Waals surface area contributed by atoms with E-state index < -0.39 is 0 Å². The van der Waals surface area contributed by atoms with Gasteiger partial charge in [-0.15, -0.1) is 12.4 Å². The average molecular weight is 323 g/mol. The lowest BCUT2D eigenvalue weighted by Gasteiger charge is -2.11. The van der Waals surface area contributed by atoms with Crippen LogP contribution < -0.4 is 10.1 Å². The summed E-state index contributed by atoms with van der Waals surface area (Å²) in [7, 11) is 1.69. The number of anilines is 1. The van der Waals surface area contributed by atoms with Crippen LogP contribution in [-0.2, 0) is 0 Å². The highest BCUT2D eigenvalue weighted by Gasteiger charge is 2.06. The Kier molecular flexibility index (Phi) is 5.73. The highest BCUT2D eigenvalue weighted by atomic mass is 35.5. The third-order valence-electron chi connectivity index (χ3n) is 2.33. The Balaban J connectivity index is 0.00000180. The van der Waals surface area contributed by atoms with Crippen molar-refractivity contribution in [1.82, 2.24) is 0 Å². The monoisotopic (exact) mass is 321 g/mol. The van der Waals surface area contributed by atoms with Crippen molar-refractivity contribution in [1.29, 1.82) is 0 Å². The molecule has 0 aliphatic rings. The number of hydrogen-bond donors (Lipinski definition) is 1. The standard InChI is InChI=1S/C13H10Cl2FNO.ClH/c1-17-12-6-8(16)2-5-13(12)18-9-3-4-10(14)11(15)7-9;/h2-7,17H,1H3;1H. The van der Waals surface area contributed by atoms with Gasteiger partial charge < -0.3 is 10.1 Å². The minimum atomic E-state index is -0.333. The Morgan fingerprint density at radius 2 is 1.79 bits per heavy atom. The molecule has 2 nitrogen and oxygen atoms in total. The Morgan fingerprint density at radius 3 is 2.42 bits per heavy atom. The van der Waals surface area contributed by atoms with Gasteiger partial charge in [-0.3, -0.25) is 0 Å². The lowest BCUT2D eigenvalue weighted by Crippen LogP contribution is -1.94. The normalized spacial score (nSPS) is 9.68. The third kappa shape index (κ3) is 3.90. The van der Waals surface area contributed by atoms with Gasteiger partial charge in [0.05, 0.1) is 15.7 Å². The summed E-state index contributed by atoms with van der Waals surface area (Å²) >= 11 is 11.7. The largest absolute Gasteiger partial charge is 0.455 e. The summed E-state index contributed by atoms with van der Waals surface area (Å²) in [4.78, 5) is 0. The fourth-order valence-electron chi connectivity index (χ4n) is 1.45. The highest BCUT2D eigenvalue weighted by Crippen LogP contribution is 2.33. The van der Waals surface area contributed by atoms with Gasteiger partial charge in [-0.25, -0.2) is 4.39 Å². The highest BCUT2D eigenvalue weighted by molar-refractivity contribution is 6.42. The van der Waals surface area contributed by atoms with Crippen LogP contribution in [-0.4, -0.2) is 7.05 Å². The van der Waals surface area contributed by atoms with Gasteiger partial charge in [0.1, 0.15) is 11.6 Å². The zero-order chi connectivity index (χ0) is 13.1. The maximum atomic E-state index is 13.1. The van der Waals surface area contributed by atoms with Crippen molar-refractivity contribution in [3.63, 3.8) is 0 Å². The van der Waals surface area contributed by atoms with E-state index in [0.717, 1.165) is 0 Å². The van der Waals surface area contributed by atoms with E-state index >= 15 is 0 Å². The van der Waals surface area contributed by atoms with Crippen LogP contribution >= 0.6 is 35.6 Å². The molecule has 2 aromatic rings. The maximum absolute atomic E-state index is 13.1. The van der Waals surface area contributed by atoms with Crippen molar-refractivity contribution < 1.29 is 9.13 Å². The van der Waals surface area contributed by atoms with E-state index in [-0.39, 0.29) is 18.2 Å². The lowest BCUT2D eigenvalue weighted by molar-refractivity contribution is 0.483. The van der Waals surface area contributed by atoms with E-state index in [2.05, 4.69) is 5.32 Å². The lowest BCUT2D eigenvalue weighted by atomic mass is 10.2. The molecule has 1 N–H and O–H groups in total. The quantitative estimate of drug-likeness (QED) is 0.818. The Hall–Kier alpha value is -1.16. The summed E-state index contributed by atoms with van der Waals surface area (Å²) < 4.78 is 18.7. The summed E-state index contributed by atoms with van der Waals surface area (Å²) in [5.41, 5.74) is 0.557. The van der Waals surface area contributed by atoms with Crippen LogP contribution in [0.15, 0.2) is 36.4 Å². The first kappa shape index (κ1) is 15.9. The average Bonchev–Trinajstić information content (AvgIpc) is 2.36. The topological polar surface area (TPSA) is 21.3 Å². The van der Waals surface area contributed by atoms with Crippen molar-refractivity contribution in [3.05, 3.63) is 52.3 Å². The molecule has 2 aromatic carbocycles. The molecule has 0 unspecified atom stereocenters. The Bertz CT molecular complexity index is 578. The fourth-order valence-corrected chi connectivity index (χ4v) is 1.74. The molecule has 2 rings (SSSR count). The SMILES string of the molecule is CNc1cc(F)ccc1Oc1ccc(Cl)c(Cl)c1.Cl. The second-order valence-corrected chi connectivity index (χ2v) is 4.38. The van der Waals surface area contributed by atoms with Crippen LogP contribution in [0.1, 0.15) is 0 Å². The molecule has 0 radical (unpaired) electrons. The molecule has 0 amide bonds. The van der Waals surface area contributed by atoms with Gasteiger partial charge in [0, 0.05) is 19.2 Å². The predicted octanol–water partition coefficient (Wildman–Crippen LogP) is 5.39. The summed E-state index contributed by atoms with van der Waals surface area (Å²) in [6.45, 7) is 0. The summed E-state index contributed by atoms with van der Waals surface area (Å²) in [5, 5.41) is 3.72. The van der Waals surface area contributed by atoms with Crippen LogP contribution in [0.3, 0.4) is 0 Å². The van der Waals surface area contributed by atoms with E-state index in [1.807, 2.05) is 0 Å². The van der Waals surface area contributed by atoms with Gasteiger partial charge in [-0.05, 0) is 24.3 Å². The Morgan fingerprint density at radius 1 is 1.05 bits per heavy atom. The van der Waals surface area contributed by atoms with E-state index in [0.29, 0.717) is 27.2 Å². The molecule has 0 saturated carbocycles. The molecule has 6 heteroatoms. The van der Waals surface area contributed by atoms with Crippen LogP contribution in [0, 0.1) is 5.82 Å². The van der Waals surface area contributed by atoms with Crippen LogP contribution in [0.25, 0.3) is 0 Å². The summed E-state index contributed by atoms with van der Waals surface area (Å²) in [5.74, 6) is 0.714. The molecule has 0 fully saturated rings. The molecule has 0 bridgehead atoms. The van der Waals surface area contributed by atoms with Crippen LogP contribution in [0.2, 0.25) is 10.0 Å².